The maximum Gasteiger partial charge on any atom is 0.328 e. The molecule has 1 aliphatic carbocycles. The van der Waals surface area contributed by atoms with E-state index in [0.29, 0.717) is 5.25 Å². The average molecular weight is 290 g/mol. The van der Waals surface area contributed by atoms with Crippen molar-refractivity contribution in [2.24, 2.45) is 0 Å². The van der Waals surface area contributed by atoms with E-state index in [-0.39, 0.29) is 12.6 Å². The summed E-state index contributed by atoms with van der Waals surface area (Å²) in [6.45, 7) is -0.0397. The van der Waals surface area contributed by atoms with E-state index in [4.69, 9.17) is 9.84 Å². The Morgan fingerprint density at radius 1 is 1.37 bits per heavy atom. The molecular weight excluding hydrogens is 268 g/mol. The number of aliphatic carboxylic acids is 1. The summed E-state index contributed by atoms with van der Waals surface area (Å²) in [5.41, 5.74) is 0. The Bertz CT molecular complexity index is 306. The highest BCUT2D eigenvalue weighted by Gasteiger charge is 2.24. The zero-order chi connectivity index (χ0) is 14.3. The summed E-state index contributed by atoms with van der Waals surface area (Å²) in [4.78, 5) is 22.6. The summed E-state index contributed by atoms with van der Waals surface area (Å²) in [5, 5.41) is 14.8. The SMILES string of the molecule is COCC(NC(=O)NC1CCC(SC)CC1)C(=O)O. The second-order valence-electron chi connectivity index (χ2n) is 4.67. The standard InChI is InChI=1S/C12H22N2O4S/c1-18-7-10(11(15)16)14-12(17)13-8-3-5-9(19-2)6-4-8/h8-10H,3-7H2,1-2H3,(H,15,16)(H2,13,14,17). The zero-order valence-electron chi connectivity index (χ0n) is 11.3. The lowest BCUT2D eigenvalue weighted by Gasteiger charge is -2.28. The van der Waals surface area contributed by atoms with Gasteiger partial charge in [-0.25, -0.2) is 9.59 Å². The van der Waals surface area contributed by atoms with Crippen LogP contribution in [0.4, 0.5) is 4.79 Å². The van der Waals surface area contributed by atoms with Crippen LogP contribution in [-0.4, -0.2) is 54.4 Å². The fraction of sp³-hybridized carbons (Fsp3) is 0.833. The number of carbonyl (C=O) groups is 2. The van der Waals surface area contributed by atoms with Crippen LogP contribution in [0.5, 0.6) is 0 Å². The molecule has 1 rings (SSSR count). The Labute approximate surface area is 117 Å². The Morgan fingerprint density at radius 3 is 2.47 bits per heavy atom. The first-order valence-electron chi connectivity index (χ1n) is 6.38. The van der Waals surface area contributed by atoms with E-state index in [1.54, 1.807) is 0 Å². The molecule has 1 atom stereocenters. The highest BCUT2D eigenvalue weighted by Crippen LogP contribution is 2.26. The molecule has 0 aliphatic heterocycles. The number of thioether (sulfide) groups is 1. The van der Waals surface area contributed by atoms with Gasteiger partial charge in [0.15, 0.2) is 6.04 Å². The predicted molar refractivity (Wildman–Crippen MR) is 74.5 cm³/mol. The van der Waals surface area contributed by atoms with Crippen LogP contribution in [-0.2, 0) is 9.53 Å². The number of ether oxygens (including phenoxy) is 1. The van der Waals surface area contributed by atoms with Gasteiger partial charge in [-0.3, -0.25) is 0 Å². The molecule has 0 bridgehead atoms. The topological polar surface area (TPSA) is 87.7 Å². The molecule has 0 saturated heterocycles. The third kappa shape index (κ3) is 5.69. The normalized spacial score (nSPS) is 24.5. The monoisotopic (exact) mass is 290 g/mol. The van der Waals surface area contributed by atoms with Crippen molar-refractivity contribution in [2.45, 2.75) is 43.0 Å². The lowest BCUT2D eigenvalue weighted by atomic mass is 9.95. The van der Waals surface area contributed by atoms with Gasteiger partial charge in [0.05, 0.1) is 6.61 Å². The average Bonchev–Trinajstić information content (AvgIpc) is 2.39. The van der Waals surface area contributed by atoms with Crippen LogP contribution in [0.15, 0.2) is 0 Å². The first-order chi connectivity index (χ1) is 9.06. The van der Waals surface area contributed by atoms with Crippen LogP contribution in [0.25, 0.3) is 0 Å². The molecule has 1 aliphatic rings. The molecule has 6 nitrogen and oxygen atoms in total. The van der Waals surface area contributed by atoms with E-state index < -0.39 is 18.0 Å². The quantitative estimate of drug-likeness (QED) is 0.681. The highest BCUT2D eigenvalue weighted by atomic mass is 32.2. The molecule has 7 heteroatoms. The lowest BCUT2D eigenvalue weighted by Crippen LogP contribution is -2.51. The number of carboxylic acid groups (broad SMARTS) is 1. The van der Waals surface area contributed by atoms with Crippen LogP contribution >= 0.6 is 11.8 Å². The number of hydrogen-bond donors (Lipinski definition) is 3. The van der Waals surface area contributed by atoms with Gasteiger partial charge >= 0.3 is 12.0 Å². The molecule has 0 aromatic carbocycles. The van der Waals surface area contributed by atoms with Gasteiger partial charge in [0, 0.05) is 18.4 Å². The van der Waals surface area contributed by atoms with Crippen molar-refractivity contribution >= 4 is 23.8 Å². The van der Waals surface area contributed by atoms with Crippen molar-refractivity contribution in [2.75, 3.05) is 20.0 Å². The number of carbonyl (C=O) groups excluding carboxylic acids is 1. The molecule has 19 heavy (non-hydrogen) atoms. The van der Waals surface area contributed by atoms with Crippen LogP contribution < -0.4 is 10.6 Å². The summed E-state index contributed by atoms with van der Waals surface area (Å²) in [5.74, 6) is -1.09. The van der Waals surface area contributed by atoms with E-state index in [0.717, 1.165) is 25.7 Å². The van der Waals surface area contributed by atoms with Crippen LogP contribution in [0.1, 0.15) is 25.7 Å². The van der Waals surface area contributed by atoms with Gasteiger partial charge in [0.25, 0.3) is 0 Å². The third-order valence-corrected chi connectivity index (χ3v) is 4.42. The Hall–Kier alpha value is -0.950. The number of amides is 2. The van der Waals surface area contributed by atoms with Gasteiger partial charge in [-0.15, -0.1) is 0 Å². The molecule has 0 aromatic heterocycles. The van der Waals surface area contributed by atoms with E-state index in [2.05, 4.69) is 16.9 Å². The van der Waals surface area contributed by atoms with Gasteiger partial charge in [0.1, 0.15) is 0 Å². The molecule has 1 unspecified atom stereocenters. The molecule has 1 fully saturated rings. The van der Waals surface area contributed by atoms with Crippen molar-refractivity contribution in [3.05, 3.63) is 0 Å². The smallest absolute Gasteiger partial charge is 0.328 e. The number of carboxylic acids is 1. The molecule has 110 valence electrons. The summed E-state index contributed by atoms with van der Waals surface area (Å²) >= 11 is 1.87. The van der Waals surface area contributed by atoms with Gasteiger partial charge in [-0.2, -0.15) is 11.8 Å². The van der Waals surface area contributed by atoms with Crippen molar-refractivity contribution in [1.82, 2.24) is 10.6 Å². The Morgan fingerprint density at radius 2 is 2.00 bits per heavy atom. The lowest BCUT2D eigenvalue weighted by molar-refractivity contribution is -0.140. The minimum atomic E-state index is -1.09. The summed E-state index contributed by atoms with van der Waals surface area (Å²) < 4.78 is 4.76. The number of nitrogens with one attached hydrogen (secondary N) is 2. The molecule has 0 aromatic rings. The maximum atomic E-state index is 11.7. The van der Waals surface area contributed by atoms with E-state index in [1.807, 2.05) is 11.8 Å². The first-order valence-corrected chi connectivity index (χ1v) is 7.67. The van der Waals surface area contributed by atoms with Gasteiger partial charge in [0.2, 0.25) is 0 Å². The van der Waals surface area contributed by atoms with E-state index in [1.165, 1.54) is 7.11 Å². The first kappa shape index (κ1) is 16.1. The fourth-order valence-corrected chi connectivity index (χ4v) is 2.91. The third-order valence-electron chi connectivity index (χ3n) is 3.28. The zero-order valence-corrected chi connectivity index (χ0v) is 12.2. The highest BCUT2D eigenvalue weighted by molar-refractivity contribution is 7.99. The fourth-order valence-electron chi connectivity index (χ4n) is 2.17. The van der Waals surface area contributed by atoms with Crippen molar-refractivity contribution in [3.8, 4) is 0 Å². The summed E-state index contributed by atoms with van der Waals surface area (Å²) in [7, 11) is 1.40. The molecular formula is C12H22N2O4S. The maximum absolute atomic E-state index is 11.7. The second kappa shape index (κ2) is 8.27. The molecule has 0 heterocycles. The number of rotatable bonds is 6. The van der Waals surface area contributed by atoms with Crippen LogP contribution in [0.3, 0.4) is 0 Å². The van der Waals surface area contributed by atoms with Gasteiger partial charge in [-0.05, 0) is 31.9 Å². The molecule has 0 spiro atoms. The minimum absolute atomic E-state index is 0.0397. The molecule has 3 N–H and O–H groups in total. The van der Waals surface area contributed by atoms with Crippen molar-refractivity contribution < 1.29 is 19.4 Å². The van der Waals surface area contributed by atoms with Crippen LogP contribution in [0.2, 0.25) is 0 Å². The Balaban J connectivity index is 2.32. The predicted octanol–water partition coefficient (Wildman–Crippen LogP) is 1.06. The van der Waals surface area contributed by atoms with Gasteiger partial charge in [-0.1, -0.05) is 0 Å². The summed E-state index contributed by atoms with van der Waals surface area (Å²) in [6, 6.07) is -1.30. The Kier molecular flexibility index (Phi) is 7.01. The largest absolute Gasteiger partial charge is 0.480 e. The second-order valence-corrected chi connectivity index (χ2v) is 5.81. The van der Waals surface area contributed by atoms with E-state index in [9.17, 15) is 9.59 Å². The van der Waals surface area contributed by atoms with E-state index >= 15 is 0 Å². The van der Waals surface area contributed by atoms with Gasteiger partial charge < -0.3 is 20.5 Å². The molecule has 2 amide bonds. The van der Waals surface area contributed by atoms with Crippen molar-refractivity contribution in [3.63, 3.8) is 0 Å². The van der Waals surface area contributed by atoms with Crippen molar-refractivity contribution in [1.29, 1.82) is 0 Å². The minimum Gasteiger partial charge on any atom is -0.480 e. The molecule has 1 saturated carbocycles. The summed E-state index contributed by atoms with van der Waals surface area (Å²) in [6.07, 6.45) is 6.17. The number of urea groups is 1. The molecule has 0 radical (unpaired) electrons. The van der Waals surface area contributed by atoms with Crippen LogP contribution in [0, 0.1) is 0 Å². The number of hydrogen-bond acceptors (Lipinski definition) is 4. The number of methoxy groups -OCH3 is 1.